The van der Waals surface area contributed by atoms with E-state index in [-0.39, 0.29) is 0 Å². The second-order valence-corrected chi connectivity index (χ2v) is 29.1. The summed E-state index contributed by atoms with van der Waals surface area (Å²) in [6.07, 6.45) is 0. The van der Waals surface area contributed by atoms with Crippen LogP contribution in [0.25, 0.3) is 220 Å². The molecule has 0 bridgehead atoms. The number of hydrogen-bond donors (Lipinski definition) is 0. The highest BCUT2D eigenvalue weighted by molar-refractivity contribution is 6.30. The molecule has 23 rings (SSSR count). The molecule has 4 heterocycles. The zero-order valence-electron chi connectivity index (χ0n) is 60.8. The predicted molar refractivity (Wildman–Crippen MR) is 471 cm³/mol. The SMILES string of the molecule is c1ccc(-c2cc(-c3ccccc3)cc(-c3nc4ccccc4nc3-c3cccc4cc(-n5c6ccc7ccccc7c6c6c7ccccc7ccc65)ccc34)c2)cc1.c1ccc(-c2cccc(-c3nc4ccccc4nc3-c3cccc4cc(-n5c6ccc7ccccc7c6c6c7ccccc7ccc65)ccc34)c2)cc1. The van der Waals surface area contributed by atoms with Crippen LogP contribution in [0.2, 0.25) is 0 Å². The normalized spacial score (nSPS) is 11.8. The summed E-state index contributed by atoms with van der Waals surface area (Å²) in [5.41, 5.74) is 25.1. The van der Waals surface area contributed by atoms with E-state index in [0.29, 0.717) is 0 Å². The first kappa shape index (κ1) is 64.2. The Labute approximate surface area is 645 Å². The molecule has 0 amide bonds. The minimum absolute atomic E-state index is 0.858. The van der Waals surface area contributed by atoms with Gasteiger partial charge in [0.05, 0.1) is 66.9 Å². The number of nitrogens with zero attached hydrogens (tertiary/aromatic N) is 6. The Balaban J connectivity index is 0.000000138. The molecule has 0 aliphatic carbocycles. The van der Waals surface area contributed by atoms with Crippen LogP contribution < -0.4 is 0 Å². The molecule has 0 saturated carbocycles. The molecule has 23 aromatic rings. The lowest BCUT2D eigenvalue weighted by atomic mass is 9.92. The van der Waals surface area contributed by atoms with Crippen LogP contribution in [0.15, 0.2) is 400 Å². The van der Waals surface area contributed by atoms with Gasteiger partial charge < -0.3 is 9.13 Å². The highest BCUT2D eigenvalue weighted by Gasteiger charge is 2.24. The molecule has 520 valence electrons. The summed E-state index contributed by atoms with van der Waals surface area (Å²) in [5, 5.41) is 19.8. The largest absolute Gasteiger partial charge is 0.309 e. The van der Waals surface area contributed by atoms with Gasteiger partial charge in [-0.05, 0) is 195 Å². The summed E-state index contributed by atoms with van der Waals surface area (Å²) in [6.45, 7) is 0. The molecule has 6 nitrogen and oxygen atoms in total. The van der Waals surface area contributed by atoms with E-state index in [9.17, 15) is 0 Å². The van der Waals surface area contributed by atoms with Gasteiger partial charge in [-0.3, -0.25) is 0 Å². The lowest BCUT2D eigenvalue weighted by Gasteiger charge is -2.16. The Hall–Kier alpha value is -15.0. The summed E-state index contributed by atoms with van der Waals surface area (Å²) >= 11 is 0. The van der Waals surface area contributed by atoms with Crippen LogP contribution >= 0.6 is 0 Å². The first-order valence-corrected chi connectivity index (χ1v) is 38.2. The molecule has 0 spiro atoms. The van der Waals surface area contributed by atoms with E-state index in [1.165, 1.54) is 92.3 Å². The van der Waals surface area contributed by atoms with Gasteiger partial charge in [0.1, 0.15) is 0 Å². The van der Waals surface area contributed by atoms with Crippen molar-refractivity contribution in [2.24, 2.45) is 0 Å². The van der Waals surface area contributed by atoms with Crippen molar-refractivity contribution in [1.29, 1.82) is 0 Å². The fourth-order valence-corrected chi connectivity index (χ4v) is 17.5. The topological polar surface area (TPSA) is 61.4 Å². The van der Waals surface area contributed by atoms with Crippen molar-refractivity contribution in [3.63, 3.8) is 0 Å². The van der Waals surface area contributed by atoms with E-state index < -0.39 is 0 Å². The van der Waals surface area contributed by atoms with Crippen molar-refractivity contribution in [3.8, 4) is 89.8 Å². The van der Waals surface area contributed by atoms with Gasteiger partial charge in [0.25, 0.3) is 0 Å². The van der Waals surface area contributed by atoms with Gasteiger partial charge in [0, 0.05) is 55.2 Å². The van der Waals surface area contributed by atoms with Crippen molar-refractivity contribution in [2.75, 3.05) is 0 Å². The Kier molecular flexibility index (Phi) is 15.2. The van der Waals surface area contributed by atoms with Crippen LogP contribution in [0.4, 0.5) is 0 Å². The van der Waals surface area contributed by atoms with E-state index >= 15 is 0 Å². The second kappa shape index (κ2) is 26.5. The summed E-state index contributed by atoms with van der Waals surface area (Å²) in [7, 11) is 0. The minimum Gasteiger partial charge on any atom is -0.309 e. The van der Waals surface area contributed by atoms with Gasteiger partial charge in [0.15, 0.2) is 0 Å². The lowest BCUT2D eigenvalue weighted by molar-refractivity contribution is 1.19. The highest BCUT2D eigenvalue weighted by atomic mass is 15.0. The third kappa shape index (κ3) is 10.8. The number of benzene rings is 19. The smallest absolute Gasteiger partial charge is 0.0979 e. The number of fused-ring (bicyclic) bond motifs is 18. The minimum atomic E-state index is 0.858. The maximum atomic E-state index is 5.42. The Morgan fingerprint density at radius 1 is 0.161 bits per heavy atom. The molecule has 0 N–H and O–H groups in total. The molecule has 0 aliphatic heterocycles. The van der Waals surface area contributed by atoms with E-state index in [1.54, 1.807) is 0 Å². The van der Waals surface area contributed by atoms with Crippen LogP contribution in [0.5, 0.6) is 0 Å². The fourth-order valence-electron chi connectivity index (χ4n) is 17.5. The molecule has 112 heavy (non-hydrogen) atoms. The van der Waals surface area contributed by atoms with E-state index in [2.05, 4.69) is 379 Å². The fraction of sp³-hybridized carbons (Fsp3) is 0. The van der Waals surface area contributed by atoms with E-state index in [4.69, 9.17) is 19.9 Å². The first-order valence-electron chi connectivity index (χ1n) is 38.2. The number of aromatic nitrogens is 6. The summed E-state index contributed by atoms with van der Waals surface area (Å²) in [4.78, 5) is 21.4. The number of hydrogen-bond acceptors (Lipinski definition) is 4. The third-order valence-electron chi connectivity index (χ3n) is 22.7. The van der Waals surface area contributed by atoms with Gasteiger partial charge >= 0.3 is 0 Å². The molecule has 0 saturated heterocycles. The molecule has 0 radical (unpaired) electrons. The van der Waals surface area contributed by atoms with Crippen LogP contribution in [0.3, 0.4) is 0 Å². The molecule has 0 aliphatic rings. The summed E-state index contributed by atoms with van der Waals surface area (Å²) < 4.78 is 4.88. The molecular weight excluding hydrogens is 1360 g/mol. The van der Waals surface area contributed by atoms with Crippen molar-refractivity contribution in [1.82, 2.24) is 29.1 Å². The van der Waals surface area contributed by atoms with Gasteiger partial charge in [0.2, 0.25) is 0 Å². The summed E-state index contributed by atoms with van der Waals surface area (Å²) in [6, 6.07) is 144. The average Bonchev–Trinajstić information content (AvgIpc) is 1.57. The maximum Gasteiger partial charge on any atom is 0.0979 e. The van der Waals surface area contributed by atoms with Crippen LogP contribution in [0, 0.1) is 0 Å². The summed E-state index contributed by atoms with van der Waals surface area (Å²) in [5.74, 6) is 0. The molecular formula is C106H66N6. The molecule has 0 fully saturated rings. The zero-order valence-corrected chi connectivity index (χ0v) is 60.8. The monoisotopic (exact) mass is 1420 g/mol. The Morgan fingerprint density at radius 2 is 0.446 bits per heavy atom. The molecule has 0 unspecified atom stereocenters. The van der Waals surface area contributed by atoms with E-state index in [0.717, 1.165) is 128 Å². The van der Waals surface area contributed by atoms with Crippen molar-refractivity contribution < 1.29 is 0 Å². The van der Waals surface area contributed by atoms with Gasteiger partial charge in [-0.25, -0.2) is 19.9 Å². The molecule has 19 aromatic carbocycles. The Bertz CT molecular complexity index is 7510. The van der Waals surface area contributed by atoms with E-state index in [1.807, 2.05) is 30.3 Å². The van der Waals surface area contributed by atoms with Gasteiger partial charge in [-0.1, -0.05) is 303 Å². The number of rotatable bonds is 9. The van der Waals surface area contributed by atoms with Crippen molar-refractivity contribution in [2.45, 2.75) is 0 Å². The van der Waals surface area contributed by atoms with Crippen LogP contribution in [-0.2, 0) is 0 Å². The van der Waals surface area contributed by atoms with Crippen molar-refractivity contribution >= 4 is 130 Å². The first-order chi connectivity index (χ1) is 55.5. The second-order valence-electron chi connectivity index (χ2n) is 29.1. The van der Waals surface area contributed by atoms with Crippen LogP contribution in [0.1, 0.15) is 0 Å². The standard InChI is InChI=1S/C56H35N3.C50H31N3/c1-3-14-36(15-4-1)41-32-42(37-16-5-2-6-17-37)34-43(33-41)55-56(58-50-25-12-11-24-49(50)57-55)48-23-13-20-40-35-44(28-29-45(40)48)59-51-30-26-38-18-7-9-21-46(38)53(51)54-47-22-10-8-19-39(47)27-31-52(54)59;1-2-12-32(13-3-1)35-16-10-18-37(30-35)49-50(52-44-23-9-8-22-43(44)51-49)42-21-11-17-36-31-38(26-27-39(36)42)53-45-28-24-33-14-4-6-19-40(33)47(45)48-41-20-7-5-15-34(41)25-29-46(48)53/h1-35H;1-31H. The zero-order chi connectivity index (χ0) is 73.7. The highest BCUT2D eigenvalue weighted by Crippen LogP contribution is 2.46. The quantitative estimate of drug-likeness (QED) is 0.144. The Morgan fingerprint density at radius 3 is 0.839 bits per heavy atom. The predicted octanol–water partition coefficient (Wildman–Crippen LogP) is 28.0. The van der Waals surface area contributed by atoms with Gasteiger partial charge in [-0.15, -0.1) is 0 Å². The molecule has 6 heteroatoms. The molecule has 4 aromatic heterocycles. The van der Waals surface area contributed by atoms with Gasteiger partial charge in [-0.2, -0.15) is 0 Å². The molecule has 0 atom stereocenters. The number of para-hydroxylation sites is 4. The lowest BCUT2D eigenvalue weighted by Crippen LogP contribution is -1.98. The van der Waals surface area contributed by atoms with Crippen LogP contribution in [-0.4, -0.2) is 29.1 Å². The van der Waals surface area contributed by atoms with Crippen molar-refractivity contribution in [3.05, 3.63) is 400 Å². The average molecular weight is 1420 g/mol. The third-order valence-corrected chi connectivity index (χ3v) is 22.7. The maximum absolute atomic E-state index is 5.42.